The third kappa shape index (κ3) is 3.61. The average Bonchev–Trinajstić information content (AvgIpc) is 2.59. The van der Waals surface area contributed by atoms with Gasteiger partial charge in [-0.05, 0) is 18.4 Å². The predicted molar refractivity (Wildman–Crippen MR) is 92.8 cm³/mol. The van der Waals surface area contributed by atoms with Gasteiger partial charge < -0.3 is 16.2 Å². The van der Waals surface area contributed by atoms with E-state index in [0.717, 1.165) is 4.90 Å². The van der Waals surface area contributed by atoms with Gasteiger partial charge in [0.25, 0.3) is 5.91 Å². The van der Waals surface area contributed by atoms with Crippen molar-refractivity contribution < 1.29 is 19.5 Å². The molecule has 1 aromatic rings. The standard InChI is InChI=1S/C16H16ClN3O4.Na.H/c17-9-6-7-10-12(15(22)20(10)13(9)16(23)24)19-14(21)11(18)8-4-2-1-3-5-8;;/h1-5,10-12H,6-7,18H2,(H,19,21)(H,23,24);;/t10-,11?,12+;;/m1../s1. The second kappa shape index (κ2) is 7.88. The summed E-state index contributed by atoms with van der Waals surface area (Å²) in [5.74, 6) is -2.20. The summed E-state index contributed by atoms with van der Waals surface area (Å²) in [4.78, 5) is 37.0. The van der Waals surface area contributed by atoms with E-state index < -0.39 is 35.9 Å². The first kappa shape index (κ1) is 19.9. The van der Waals surface area contributed by atoms with Crippen LogP contribution in [0.4, 0.5) is 0 Å². The first-order chi connectivity index (χ1) is 11.4. The molecule has 3 atom stereocenters. The van der Waals surface area contributed by atoms with Crippen LogP contribution in [0.25, 0.3) is 0 Å². The van der Waals surface area contributed by atoms with Crippen LogP contribution in [0.15, 0.2) is 41.1 Å². The summed E-state index contributed by atoms with van der Waals surface area (Å²) in [5.41, 5.74) is 6.35. The quantitative estimate of drug-likeness (QED) is 0.510. The number of carbonyl (C=O) groups is 3. The number of amides is 2. The Morgan fingerprint density at radius 2 is 1.96 bits per heavy atom. The third-order valence-corrected chi connectivity index (χ3v) is 4.69. The normalized spacial score (nSPS) is 23.1. The SMILES string of the molecule is NC(C(=O)N[C@@H]1C(=O)N2C(C(=O)O)=C(Cl)CC[C@H]12)c1ccccc1.[NaH]. The van der Waals surface area contributed by atoms with Crippen LogP contribution in [0, 0.1) is 0 Å². The maximum absolute atomic E-state index is 12.3. The molecular weight excluding hydrogens is 357 g/mol. The minimum atomic E-state index is -1.25. The van der Waals surface area contributed by atoms with Crippen LogP contribution in [-0.2, 0) is 14.4 Å². The number of carboxylic acid groups (broad SMARTS) is 1. The van der Waals surface area contributed by atoms with Crippen LogP contribution in [-0.4, -0.2) is 69.4 Å². The fourth-order valence-electron chi connectivity index (χ4n) is 3.07. The number of carbonyl (C=O) groups excluding carboxylic acids is 2. The average molecular weight is 374 g/mol. The molecule has 2 aliphatic heterocycles. The van der Waals surface area contributed by atoms with Gasteiger partial charge in [0, 0.05) is 5.03 Å². The minimum absolute atomic E-state index is 0. The maximum atomic E-state index is 12.3. The van der Waals surface area contributed by atoms with Gasteiger partial charge in [-0.2, -0.15) is 0 Å². The van der Waals surface area contributed by atoms with Crippen LogP contribution in [0.3, 0.4) is 0 Å². The van der Waals surface area contributed by atoms with Crippen molar-refractivity contribution in [3.63, 3.8) is 0 Å². The molecule has 4 N–H and O–H groups in total. The number of nitrogens with two attached hydrogens (primary N) is 1. The van der Waals surface area contributed by atoms with E-state index in [2.05, 4.69) is 5.32 Å². The van der Waals surface area contributed by atoms with E-state index in [4.69, 9.17) is 17.3 Å². The van der Waals surface area contributed by atoms with Gasteiger partial charge in [0.1, 0.15) is 17.8 Å². The Kier molecular flexibility index (Phi) is 6.29. The number of nitrogens with one attached hydrogen (secondary N) is 1. The summed E-state index contributed by atoms with van der Waals surface area (Å²) in [7, 11) is 0. The van der Waals surface area contributed by atoms with Gasteiger partial charge in [0.05, 0.1) is 6.04 Å². The summed E-state index contributed by atoms with van der Waals surface area (Å²) in [5, 5.41) is 12.0. The van der Waals surface area contributed by atoms with Crippen LogP contribution < -0.4 is 11.1 Å². The molecular formula is C16H17ClN3NaO4. The zero-order valence-corrected chi connectivity index (χ0v) is 13.4. The van der Waals surface area contributed by atoms with E-state index in [9.17, 15) is 19.5 Å². The molecule has 3 rings (SSSR count). The third-order valence-electron chi connectivity index (χ3n) is 4.32. The summed E-state index contributed by atoms with van der Waals surface area (Å²) in [6.45, 7) is 0. The molecule has 0 saturated carbocycles. The van der Waals surface area contributed by atoms with Crippen LogP contribution in [0.1, 0.15) is 24.4 Å². The molecule has 0 aliphatic carbocycles. The van der Waals surface area contributed by atoms with E-state index in [-0.39, 0.29) is 40.3 Å². The van der Waals surface area contributed by atoms with Gasteiger partial charge >= 0.3 is 35.5 Å². The topological polar surface area (TPSA) is 113 Å². The molecule has 1 aromatic carbocycles. The number of hydrogen-bond acceptors (Lipinski definition) is 4. The Morgan fingerprint density at radius 3 is 2.56 bits per heavy atom. The van der Waals surface area contributed by atoms with E-state index >= 15 is 0 Å². The van der Waals surface area contributed by atoms with Gasteiger partial charge in [-0.15, -0.1) is 0 Å². The number of nitrogens with zero attached hydrogens (tertiary/aromatic N) is 1. The number of rotatable bonds is 4. The van der Waals surface area contributed by atoms with Crippen LogP contribution in [0.5, 0.6) is 0 Å². The fourth-order valence-corrected chi connectivity index (χ4v) is 3.35. The summed E-state index contributed by atoms with van der Waals surface area (Å²) in [6, 6.07) is 6.74. The van der Waals surface area contributed by atoms with Crippen molar-refractivity contribution in [2.24, 2.45) is 5.73 Å². The molecule has 2 heterocycles. The van der Waals surface area contributed by atoms with Crippen molar-refractivity contribution in [2.45, 2.75) is 31.0 Å². The van der Waals surface area contributed by atoms with Gasteiger partial charge in [-0.25, -0.2) is 4.79 Å². The fraction of sp³-hybridized carbons (Fsp3) is 0.312. The molecule has 0 spiro atoms. The van der Waals surface area contributed by atoms with Crippen molar-refractivity contribution in [3.8, 4) is 0 Å². The number of hydrogen-bond donors (Lipinski definition) is 3. The molecule has 0 aromatic heterocycles. The summed E-state index contributed by atoms with van der Waals surface area (Å²) in [6.07, 6.45) is 0.849. The first-order valence-electron chi connectivity index (χ1n) is 7.47. The van der Waals surface area contributed by atoms with Crippen molar-refractivity contribution in [2.75, 3.05) is 0 Å². The Labute approximate surface area is 171 Å². The van der Waals surface area contributed by atoms with E-state index in [1.54, 1.807) is 24.3 Å². The Bertz CT molecular complexity index is 740. The number of aliphatic carboxylic acids is 1. The summed E-state index contributed by atoms with van der Waals surface area (Å²) >= 11 is 5.92. The van der Waals surface area contributed by atoms with E-state index in [1.807, 2.05) is 6.07 Å². The number of allylic oxidation sites excluding steroid dienone is 1. The molecule has 0 radical (unpaired) electrons. The zero-order chi connectivity index (χ0) is 17.4. The molecule has 1 saturated heterocycles. The van der Waals surface area contributed by atoms with Gasteiger partial charge in [-0.1, -0.05) is 41.9 Å². The predicted octanol–water partition coefficient (Wildman–Crippen LogP) is 0.0623. The van der Waals surface area contributed by atoms with Gasteiger partial charge in [0.2, 0.25) is 5.91 Å². The number of fused-ring (bicyclic) bond motifs is 1. The van der Waals surface area contributed by atoms with Crippen molar-refractivity contribution in [1.82, 2.24) is 10.2 Å². The van der Waals surface area contributed by atoms with Crippen LogP contribution >= 0.6 is 11.6 Å². The van der Waals surface area contributed by atoms with E-state index in [0.29, 0.717) is 18.4 Å². The molecule has 2 amide bonds. The zero-order valence-electron chi connectivity index (χ0n) is 12.6. The molecule has 1 fully saturated rings. The second-order valence-electron chi connectivity index (χ2n) is 5.75. The van der Waals surface area contributed by atoms with Gasteiger partial charge in [0.15, 0.2) is 0 Å². The number of carboxylic acids is 1. The monoisotopic (exact) mass is 373 g/mol. The van der Waals surface area contributed by atoms with Crippen LogP contribution in [0.2, 0.25) is 0 Å². The van der Waals surface area contributed by atoms with Gasteiger partial charge in [-0.3, -0.25) is 14.5 Å². The molecule has 25 heavy (non-hydrogen) atoms. The molecule has 1 unspecified atom stereocenters. The van der Waals surface area contributed by atoms with Crippen molar-refractivity contribution in [3.05, 3.63) is 46.6 Å². The number of halogens is 1. The van der Waals surface area contributed by atoms with E-state index in [1.165, 1.54) is 0 Å². The van der Waals surface area contributed by atoms with Crippen molar-refractivity contribution >= 4 is 58.9 Å². The Hall–Kier alpha value is -1.38. The molecule has 128 valence electrons. The second-order valence-corrected chi connectivity index (χ2v) is 6.20. The van der Waals surface area contributed by atoms with Crippen molar-refractivity contribution in [1.29, 1.82) is 0 Å². The summed E-state index contributed by atoms with van der Waals surface area (Å²) < 4.78 is 0. The molecule has 0 bridgehead atoms. The molecule has 2 aliphatic rings. The molecule has 7 nitrogen and oxygen atoms in total. The number of benzene rings is 1. The molecule has 9 heteroatoms. The Balaban J connectivity index is 0.00000225. The first-order valence-corrected chi connectivity index (χ1v) is 7.85. The number of β-lactam (4-membered cyclic amide) rings is 1. The Morgan fingerprint density at radius 1 is 1.32 bits per heavy atom.